The van der Waals surface area contributed by atoms with Gasteiger partial charge >= 0.3 is 6.18 Å². The third-order valence-corrected chi connectivity index (χ3v) is 3.88. The minimum absolute atomic E-state index is 0.153. The van der Waals surface area contributed by atoms with Crippen LogP contribution in [0.1, 0.15) is 22.9 Å². The number of furan rings is 1. The average molecular weight is 310 g/mol. The van der Waals surface area contributed by atoms with Crippen LogP contribution in [0, 0.1) is 0 Å². The minimum atomic E-state index is -4.31. The van der Waals surface area contributed by atoms with Crippen LogP contribution in [0.3, 0.4) is 0 Å². The third kappa shape index (κ3) is 3.18. The molecule has 0 spiro atoms. The smallest absolute Gasteiger partial charge is 0.416 e. The monoisotopic (exact) mass is 310 g/mol. The number of benzene rings is 1. The lowest BCUT2D eigenvalue weighted by Crippen LogP contribution is -2.45. The van der Waals surface area contributed by atoms with Gasteiger partial charge in [-0.15, -0.1) is 0 Å². The van der Waals surface area contributed by atoms with Crippen molar-refractivity contribution in [1.82, 2.24) is 10.2 Å². The Morgan fingerprint density at radius 2 is 1.73 bits per heavy atom. The largest absolute Gasteiger partial charge is 0.467 e. The zero-order chi connectivity index (χ0) is 15.6. The van der Waals surface area contributed by atoms with Crippen LogP contribution in [0.25, 0.3) is 0 Å². The summed E-state index contributed by atoms with van der Waals surface area (Å²) < 4.78 is 43.7. The van der Waals surface area contributed by atoms with Crippen LogP contribution in [-0.4, -0.2) is 31.1 Å². The van der Waals surface area contributed by atoms with Crippen LogP contribution >= 0.6 is 0 Å². The summed E-state index contributed by atoms with van der Waals surface area (Å²) in [6, 6.07) is 8.86. The first kappa shape index (κ1) is 15.1. The maximum Gasteiger partial charge on any atom is 0.416 e. The van der Waals surface area contributed by atoms with E-state index in [2.05, 4.69) is 10.2 Å². The van der Waals surface area contributed by atoms with Crippen molar-refractivity contribution in [2.24, 2.45) is 0 Å². The summed E-state index contributed by atoms with van der Waals surface area (Å²) in [6.45, 7) is 3.37. The second kappa shape index (κ2) is 6.14. The molecule has 22 heavy (non-hydrogen) atoms. The molecule has 1 atom stereocenters. The summed E-state index contributed by atoms with van der Waals surface area (Å²) in [7, 11) is 0. The SMILES string of the molecule is FC(F)(F)c1ccc(C(c2ccco2)N2CCNCC2)cc1. The molecule has 0 aliphatic carbocycles. The molecule has 6 heteroatoms. The normalized spacial score (nSPS) is 18.3. The lowest BCUT2D eigenvalue weighted by molar-refractivity contribution is -0.137. The van der Waals surface area contributed by atoms with Crippen LogP contribution in [-0.2, 0) is 6.18 Å². The second-order valence-electron chi connectivity index (χ2n) is 5.32. The minimum Gasteiger partial charge on any atom is -0.467 e. The molecule has 1 aromatic carbocycles. The van der Waals surface area contributed by atoms with Crippen LogP contribution in [0.4, 0.5) is 13.2 Å². The number of nitrogens with one attached hydrogen (secondary N) is 1. The summed E-state index contributed by atoms with van der Waals surface area (Å²) in [4.78, 5) is 2.22. The molecule has 1 N–H and O–H groups in total. The first-order valence-corrected chi connectivity index (χ1v) is 7.21. The number of nitrogens with zero attached hydrogens (tertiary/aromatic N) is 1. The van der Waals surface area contributed by atoms with E-state index >= 15 is 0 Å². The Morgan fingerprint density at radius 1 is 1.05 bits per heavy atom. The first-order valence-electron chi connectivity index (χ1n) is 7.21. The lowest BCUT2D eigenvalue weighted by atomic mass is 10.0. The van der Waals surface area contributed by atoms with Gasteiger partial charge in [-0.25, -0.2) is 0 Å². The van der Waals surface area contributed by atoms with Gasteiger partial charge in [0.15, 0.2) is 0 Å². The van der Waals surface area contributed by atoms with Gasteiger partial charge in [0, 0.05) is 26.2 Å². The van der Waals surface area contributed by atoms with Crippen LogP contribution < -0.4 is 5.32 Å². The zero-order valence-electron chi connectivity index (χ0n) is 11.9. The molecule has 1 aliphatic rings. The van der Waals surface area contributed by atoms with E-state index in [1.807, 2.05) is 6.07 Å². The fourth-order valence-electron chi connectivity index (χ4n) is 2.80. The third-order valence-electron chi connectivity index (χ3n) is 3.88. The van der Waals surface area contributed by atoms with E-state index in [-0.39, 0.29) is 6.04 Å². The highest BCUT2D eigenvalue weighted by molar-refractivity contribution is 5.31. The van der Waals surface area contributed by atoms with Crippen molar-refractivity contribution >= 4 is 0 Å². The molecule has 1 saturated heterocycles. The molecular formula is C16H17F3N2O. The summed E-state index contributed by atoms with van der Waals surface area (Å²) in [5, 5.41) is 3.27. The van der Waals surface area contributed by atoms with E-state index in [4.69, 9.17) is 4.42 Å². The Bertz CT molecular complexity index is 587. The van der Waals surface area contributed by atoms with Gasteiger partial charge in [-0.1, -0.05) is 12.1 Å². The highest BCUT2D eigenvalue weighted by Gasteiger charge is 2.31. The van der Waals surface area contributed by atoms with E-state index < -0.39 is 11.7 Å². The average Bonchev–Trinajstić information content (AvgIpc) is 3.02. The van der Waals surface area contributed by atoms with Crippen molar-refractivity contribution in [2.75, 3.05) is 26.2 Å². The van der Waals surface area contributed by atoms with Gasteiger partial charge in [0.1, 0.15) is 5.76 Å². The van der Waals surface area contributed by atoms with Gasteiger partial charge < -0.3 is 9.73 Å². The second-order valence-corrected chi connectivity index (χ2v) is 5.32. The molecule has 0 saturated carbocycles. The molecule has 2 aromatic rings. The Hall–Kier alpha value is -1.79. The van der Waals surface area contributed by atoms with E-state index in [0.29, 0.717) is 0 Å². The Morgan fingerprint density at radius 3 is 2.27 bits per heavy atom. The topological polar surface area (TPSA) is 28.4 Å². The number of piperazine rings is 1. The molecule has 0 bridgehead atoms. The predicted octanol–water partition coefficient (Wildman–Crippen LogP) is 3.29. The molecule has 1 fully saturated rings. The fourth-order valence-corrected chi connectivity index (χ4v) is 2.80. The Kier molecular flexibility index (Phi) is 4.22. The van der Waals surface area contributed by atoms with Gasteiger partial charge in [0.05, 0.1) is 17.9 Å². The number of rotatable bonds is 3. The first-order chi connectivity index (χ1) is 10.6. The molecule has 1 aromatic heterocycles. The molecule has 1 unspecified atom stereocenters. The van der Waals surface area contributed by atoms with Crippen molar-refractivity contribution < 1.29 is 17.6 Å². The summed E-state index contributed by atoms with van der Waals surface area (Å²) in [5.41, 5.74) is 0.180. The van der Waals surface area contributed by atoms with Gasteiger partial charge in [-0.05, 0) is 29.8 Å². The molecule has 3 rings (SSSR count). The molecule has 1 aliphatic heterocycles. The quantitative estimate of drug-likeness (QED) is 0.943. The van der Waals surface area contributed by atoms with Gasteiger partial charge in [0.2, 0.25) is 0 Å². The van der Waals surface area contributed by atoms with Crippen molar-refractivity contribution in [2.45, 2.75) is 12.2 Å². The van der Waals surface area contributed by atoms with E-state index in [1.54, 1.807) is 12.3 Å². The molecule has 3 nitrogen and oxygen atoms in total. The number of hydrogen-bond acceptors (Lipinski definition) is 3. The highest BCUT2D eigenvalue weighted by Crippen LogP contribution is 2.33. The van der Waals surface area contributed by atoms with Crippen molar-refractivity contribution in [3.8, 4) is 0 Å². The predicted molar refractivity (Wildman–Crippen MR) is 76.4 cm³/mol. The fraction of sp³-hybridized carbons (Fsp3) is 0.375. The number of halogens is 3. The van der Waals surface area contributed by atoms with Crippen molar-refractivity contribution in [3.05, 3.63) is 59.5 Å². The molecule has 0 amide bonds. The van der Waals surface area contributed by atoms with Crippen LogP contribution in [0.15, 0.2) is 47.1 Å². The van der Waals surface area contributed by atoms with Crippen molar-refractivity contribution in [3.63, 3.8) is 0 Å². The zero-order valence-corrected chi connectivity index (χ0v) is 11.9. The Labute approximate surface area is 126 Å². The van der Waals surface area contributed by atoms with Crippen molar-refractivity contribution in [1.29, 1.82) is 0 Å². The summed E-state index contributed by atoms with van der Waals surface area (Å²) >= 11 is 0. The molecule has 0 radical (unpaired) electrons. The summed E-state index contributed by atoms with van der Waals surface area (Å²) in [6.07, 6.45) is -2.72. The van der Waals surface area contributed by atoms with Gasteiger partial charge in [0.25, 0.3) is 0 Å². The van der Waals surface area contributed by atoms with E-state index in [9.17, 15) is 13.2 Å². The van der Waals surface area contributed by atoms with Gasteiger partial charge in [-0.2, -0.15) is 13.2 Å². The highest BCUT2D eigenvalue weighted by atomic mass is 19.4. The standard InChI is InChI=1S/C16H17F3N2O/c17-16(18,19)13-5-3-12(4-6-13)15(14-2-1-11-22-14)21-9-7-20-8-10-21/h1-6,11,15,20H,7-10H2. The molecule has 2 heterocycles. The van der Waals surface area contributed by atoms with Crippen LogP contribution in [0.5, 0.6) is 0 Å². The van der Waals surface area contributed by atoms with E-state index in [0.717, 1.165) is 49.6 Å². The van der Waals surface area contributed by atoms with Crippen LogP contribution in [0.2, 0.25) is 0 Å². The van der Waals surface area contributed by atoms with Gasteiger partial charge in [-0.3, -0.25) is 4.90 Å². The molecule has 118 valence electrons. The Balaban J connectivity index is 1.92. The number of alkyl halides is 3. The maximum atomic E-state index is 12.7. The lowest BCUT2D eigenvalue weighted by Gasteiger charge is -2.34. The number of hydrogen-bond donors (Lipinski definition) is 1. The molecular weight excluding hydrogens is 293 g/mol. The summed E-state index contributed by atoms with van der Waals surface area (Å²) in [5.74, 6) is 0.752. The van der Waals surface area contributed by atoms with E-state index in [1.165, 1.54) is 12.1 Å². The maximum absolute atomic E-state index is 12.7.